The Morgan fingerprint density at radius 2 is 1.13 bits per heavy atom. The van der Waals surface area contributed by atoms with Crippen molar-refractivity contribution in [3.05, 3.63) is 142 Å². The number of methoxy groups -OCH3 is 2. The quantitative estimate of drug-likeness (QED) is 0.0641. The average Bonchev–Trinajstić information content (AvgIpc) is 3.33. The Balaban J connectivity index is 0.000000209. The summed E-state index contributed by atoms with van der Waals surface area (Å²) >= 11 is 0. The van der Waals surface area contributed by atoms with Crippen molar-refractivity contribution < 1.29 is 65.8 Å². The lowest BCUT2D eigenvalue weighted by Crippen LogP contribution is -2.48. The number of aliphatic hydroxyl groups excluding tert-OH is 2. The molecule has 4 N–H and O–H groups in total. The van der Waals surface area contributed by atoms with E-state index in [9.17, 15) is 32.3 Å². The number of hydrogen-bond donors (Lipinski definition) is 4. The second-order valence-corrected chi connectivity index (χ2v) is 16.7. The summed E-state index contributed by atoms with van der Waals surface area (Å²) in [5.74, 6) is -0.431. The Morgan fingerprint density at radius 1 is 0.676 bits per heavy atom. The number of pyridine rings is 4. The molecule has 2 aromatic carbocycles. The molecule has 0 bridgehead atoms. The molecule has 2 fully saturated rings. The fourth-order valence-electron chi connectivity index (χ4n) is 7.51. The monoisotopic (exact) mass is 984 g/mol. The van der Waals surface area contributed by atoms with E-state index in [-0.39, 0.29) is 49.5 Å². The average molecular weight is 985 g/mol. The summed E-state index contributed by atoms with van der Waals surface area (Å²) in [6, 6.07) is 22.9. The molecule has 2 aliphatic rings. The first-order valence-corrected chi connectivity index (χ1v) is 22.3. The van der Waals surface area contributed by atoms with Crippen molar-refractivity contribution in [1.29, 1.82) is 0 Å². The molecule has 0 saturated carbocycles. The van der Waals surface area contributed by atoms with Gasteiger partial charge < -0.3 is 49.3 Å². The first kappa shape index (κ1) is 51.9. The number of carbonyl (C=O) groups is 2. The topological polar surface area (TPSA) is 206 Å². The predicted molar refractivity (Wildman–Crippen MR) is 252 cm³/mol. The SMILES string of the molecule is COC1(c2cc(-c3cc(NC(=O)c4ccnc(C(C)F)c4)ccc3C)cc(OCCO)n2)COC1.COC1(c2cc(-c3cc(NC(=O)c4ccnc(C(F)(F)F)c4)ccc3C)cc(OCCO)n2)COC1. The van der Waals surface area contributed by atoms with E-state index in [2.05, 4.69) is 30.6 Å². The van der Waals surface area contributed by atoms with Crippen LogP contribution in [0.2, 0.25) is 0 Å². The predicted octanol–water partition coefficient (Wildman–Crippen LogP) is 7.94. The molecule has 6 heterocycles. The van der Waals surface area contributed by atoms with E-state index in [1.807, 2.05) is 38.1 Å². The molecule has 20 heteroatoms. The second kappa shape index (κ2) is 22.4. The highest BCUT2D eigenvalue weighted by Gasteiger charge is 2.44. The van der Waals surface area contributed by atoms with Crippen LogP contribution in [0.15, 0.2) is 97.3 Å². The molecule has 2 saturated heterocycles. The zero-order chi connectivity index (χ0) is 50.9. The van der Waals surface area contributed by atoms with Gasteiger partial charge in [0.2, 0.25) is 11.8 Å². The molecular formula is C51H52F4N6O10. The Kier molecular flexibility index (Phi) is 16.4. The van der Waals surface area contributed by atoms with E-state index in [1.54, 1.807) is 56.7 Å². The Bertz CT molecular complexity index is 2850. The van der Waals surface area contributed by atoms with E-state index in [0.29, 0.717) is 72.3 Å². The minimum atomic E-state index is -4.66. The standard InChI is InChI=1S/C26H28FN3O5.C25H24F3N3O5/c1-16-4-5-20(29-25(32)18-6-7-28-22(10-18)17(2)27)13-21(16)19-11-23(26(33-3)14-34-15-26)30-24(12-19)35-9-8-31;1-15-3-4-18(30-23(33)16-5-6-29-21(9-16)25(26,27)28)12-19(15)17-10-20(24(34-2)13-35-14-24)31-22(11-17)36-8-7-32/h4-7,10-13,17,31H,8-9,14-15H2,1-3H3,(H,29,32);3-6,9-12,32H,7-8,13-14H2,1-2H3,(H,30,33). The fraction of sp³-hybridized carbons (Fsp3) is 0.333. The molecule has 4 aromatic heterocycles. The molecule has 2 aliphatic heterocycles. The molecule has 1 atom stereocenters. The van der Waals surface area contributed by atoms with E-state index < -0.39 is 35.2 Å². The van der Waals surface area contributed by atoms with Crippen molar-refractivity contribution in [3.8, 4) is 34.0 Å². The molecule has 2 amide bonds. The fourth-order valence-corrected chi connectivity index (χ4v) is 7.51. The van der Waals surface area contributed by atoms with Crippen LogP contribution in [0.5, 0.6) is 11.8 Å². The van der Waals surface area contributed by atoms with Gasteiger partial charge >= 0.3 is 6.18 Å². The third kappa shape index (κ3) is 12.2. The maximum Gasteiger partial charge on any atom is 0.433 e. The summed E-state index contributed by atoms with van der Waals surface area (Å²) in [6.45, 7) is 6.43. The maximum absolute atomic E-state index is 13.6. The number of ether oxygens (including phenoxy) is 6. The summed E-state index contributed by atoms with van der Waals surface area (Å²) in [7, 11) is 3.18. The summed E-state index contributed by atoms with van der Waals surface area (Å²) in [6.07, 6.45) is -3.56. The van der Waals surface area contributed by atoms with E-state index >= 15 is 0 Å². The van der Waals surface area contributed by atoms with Crippen LogP contribution in [0, 0.1) is 13.8 Å². The zero-order valence-electron chi connectivity index (χ0n) is 39.4. The lowest BCUT2D eigenvalue weighted by molar-refractivity contribution is -0.204. The lowest BCUT2D eigenvalue weighted by Gasteiger charge is -2.39. The minimum absolute atomic E-state index is 0.0489. The Labute approximate surface area is 406 Å². The first-order chi connectivity index (χ1) is 34.0. The van der Waals surface area contributed by atoms with Gasteiger partial charge in [-0.2, -0.15) is 13.2 Å². The Morgan fingerprint density at radius 3 is 1.52 bits per heavy atom. The minimum Gasteiger partial charge on any atom is -0.475 e. The number of carbonyl (C=O) groups excluding carboxylic acids is 2. The number of alkyl halides is 4. The van der Waals surface area contributed by atoms with Gasteiger partial charge in [0.25, 0.3) is 11.8 Å². The van der Waals surface area contributed by atoms with Crippen molar-refractivity contribution in [3.63, 3.8) is 0 Å². The summed E-state index contributed by atoms with van der Waals surface area (Å²) in [4.78, 5) is 41.8. The number of amides is 2. The van der Waals surface area contributed by atoms with Crippen LogP contribution in [0.4, 0.5) is 28.9 Å². The van der Waals surface area contributed by atoms with Crippen molar-refractivity contribution >= 4 is 23.2 Å². The number of anilines is 2. The van der Waals surface area contributed by atoms with Crippen LogP contribution in [0.3, 0.4) is 0 Å². The van der Waals surface area contributed by atoms with Crippen molar-refractivity contribution in [2.45, 2.75) is 44.3 Å². The third-order valence-electron chi connectivity index (χ3n) is 11.7. The van der Waals surface area contributed by atoms with Crippen LogP contribution >= 0.6 is 0 Å². The summed E-state index contributed by atoms with van der Waals surface area (Å²) in [5.41, 5.74) is 5.00. The molecule has 374 valence electrons. The number of aryl methyl sites for hydroxylation is 2. The molecular weight excluding hydrogens is 933 g/mol. The number of aromatic nitrogens is 4. The summed E-state index contributed by atoms with van der Waals surface area (Å²) < 4.78 is 85.9. The van der Waals surface area contributed by atoms with E-state index in [4.69, 9.17) is 33.5 Å². The van der Waals surface area contributed by atoms with Crippen molar-refractivity contribution in [2.24, 2.45) is 0 Å². The molecule has 0 aliphatic carbocycles. The van der Waals surface area contributed by atoms with Crippen molar-refractivity contribution in [2.75, 3.05) is 77.7 Å². The van der Waals surface area contributed by atoms with Gasteiger partial charge in [0.05, 0.1) is 56.7 Å². The number of hydrogen-bond acceptors (Lipinski definition) is 14. The summed E-state index contributed by atoms with van der Waals surface area (Å²) in [5, 5.41) is 23.9. The van der Waals surface area contributed by atoms with Gasteiger partial charge in [-0.25, -0.2) is 14.4 Å². The largest absolute Gasteiger partial charge is 0.475 e. The van der Waals surface area contributed by atoms with Gasteiger partial charge in [0.15, 0.2) is 11.2 Å². The number of nitrogens with zero attached hydrogens (tertiary/aromatic N) is 4. The molecule has 6 aromatic rings. The second-order valence-electron chi connectivity index (χ2n) is 16.7. The van der Waals surface area contributed by atoms with Gasteiger partial charge in [-0.1, -0.05) is 12.1 Å². The van der Waals surface area contributed by atoms with Gasteiger partial charge in [-0.3, -0.25) is 19.6 Å². The number of aliphatic hydroxyl groups is 2. The van der Waals surface area contributed by atoms with Crippen LogP contribution in [-0.2, 0) is 36.3 Å². The first-order valence-electron chi connectivity index (χ1n) is 22.3. The van der Waals surface area contributed by atoms with Crippen LogP contribution in [0.25, 0.3) is 22.3 Å². The van der Waals surface area contributed by atoms with E-state index in [0.717, 1.165) is 34.0 Å². The van der Waals surface area contributed by atoms with E-state index in [1.165, 1.54) is 25.3 Å². The number of nitrogens with one attached hydrogen (secondary N) is 2. The van der Waals surface area contributed by atoms with Crippen LogP contribution in [0.1, 0.15) is 67.7 Å². The third-order valence-corrected chi connectivity index (χ3v) is 11.7. The molecule has 0 radical (unpaired) electrons. The molecule has 1 unspecified atom stereocenters. The van der Waals surface area contributed by atoms with Gasteiger partial charge in [-0.15, -0.1) is 0 Å². The van der Waals surface area contributed by atoms with Gasteiger partial charge in [0, 0.05) is 61.2 Å². The van der Waals surface area contributed by atoms with Gasteiger partial charge in [-0.05, 0) is 115 Å². The van der Waals surface area contributed by atoms with Gasteiger partial charge in [0.1, 0.15) is 25.1 Å². The number of rotatable bonds is 17. The Hall–Kier alpha value is -6.94. The highest BCUT2D eigenvalue weighted by atomic mass is 19.4. The highest BCUT2D eigenvalue weighted by molar-refractivity contribution is 6.05. The van der Waals surface area contributed by atoms with Crippen molar-refractivity contribution in [1.82, 2.24) is 19.9 Å². The van der Waals surface area contributed by atoms with Crippen LogP contribution in [-0.4, -0.2) is 109 Å². The molecule has 16 nitrogen and oxygen atoms in total. The lowest BCUT2D eigenvalue weighted by atomic mass is 9.92. The molecule has 0 spiro atoms. The molecule has 71 heavy (non-hydrogen) atoms. The maximum atomic E-state index is 13.6. The normalized spacial score (nSPS) is 15.0. The van der Waals surface area contributed by atoms with Crippen LogP contribution < -0.4 is 20.1 Å². The number of halogens is 4. The number of benzene rings is 2. The smallest absolute Gasteiger partial charge is 0.433 e. The molecule has 8 rings (SSSR count). The highest BCUT2D eigenvalue weighted by Crippen LogP contribution is 2.39. The zero-order valence-corrected chi connectivity index (χ0v) is 39.4.